The number of halogens is 1. The number of aryl methyl sites for hydroxylation is 1. The topological polar surface area (TPSA) is 32.3 Å². The molecule has 0 spiro atoms. The summed E-state index contributed by atoms with van der Waals surface area (Å²) in [6, 6.07) is 14.2. The van der Waals surface area contributed by atoms with Crippen LogP contribution in [-0.4, -0.2) is 11.7 Å². The van der Waals surface area contributed by atoms with Crippen LogP contribution >= 0.6 is 0 Å². The van der Waals surface area contributed by atoms with Crippen LogP contribution in [0, 0.1) is 12.7 Å². The normalized spacial score (nSPS) is 12.4. The number of rotatable bonds is 5. The molecule has 0 heterocycles. The van der Waals surface area contributed by atoms with E-state index < -0.39 is 6.10 Å². The number of aliphatic hydroxyl groups excluding tert-OH is 1. The summed E-state index contributed by atoms with van der Waals surface area (Å²) in [6.07, 6.45) is -0.619. The van der Waals surface area contributed by atoms with Crippen molar-refractivity contribution in [2.45, 2.75) is 19.6 Å². The highest BCUT2D eigenvalue weighted by Crippen LogP contribution is 2.12. The fraction of sp³-hybridized carbons (Fsp3) is 0.250. The van der Waals surface area contributed by atoms with Gasteiger partial charge in [-0.3, -0.25) is 0 Å². The number of benzene rings is 2. The molecule has 19 heavy (non-hydrogen) atoms. The minimum Gasteiger partial charge on any atom is -0.387 e. The van der Waals surface area contributed by atoms with Crippen LogP contribution in [0.5, 0.6) is 0 Å². The Morgan fingerprint density at radius 1 is 1.05 bits per heavy atom. The van der Waals surface area contributed by atoms with Gasteiger partial charge in [0.25, 0.3) is 0 Å². The van der Waals surface area contributed by atoms with Gasteiger partial charge in [-0.1, -0.05) is 42.0 Å². The maximum absolute atomic E-state index is 12.8. The summed E-state index contributed by atoms with van der Waals surface area (Å²) in [5.41, 5.74) is 3.13. The van der Waals surface area contributed by atoms with Crippen molar-refractivity contribution in [1.82, 2.24) is 5.32 Å². The zero-order chi connectivity index (χ0) is 13.7. The molecule has 0 amide bonds. The van der Waals surface area contributed by atoms with E-state index in [2.05, 4.69) is 36.5 Å². The van der Waals surface area contributed by atoms with Gasteiger partial charge in [0.2, 0.25) is 0 Å². The van der Waals surface area contributed by atoms with Gasteiger partial charge in [-0.15, -0.1) is 0 Å². The molecule has 0 saturated carbocycles. The minimum absolute atomic E-state index is 0.288. The van der Waals surface area contributed by atoms with E-state index in [-0.39, 0.29) is 5.82 Å². The fourth-order valence-corrected chi connectivity index (χ4v) is 1.86. The van der Waals surface area contributed by atoms with E-state index in [0.717, 1.165) is 5.56 Å². The Labute approximate surface area is 112 Å². The molecule has 0 aromatic heterocycles. The summed E-state index contributed by atoms with van der Waals surface area (Å²) in [4.78, 5) is 0. The van der Waals surface area contributed by atoms with Crippen molar-refractivity contribution in [2.75, 3.05) is 6.54 Å². The summed E-state index contributed by atoms with van der Waals surface area (Å²) in [7, 11) is 0. The molecule has 0 bridgehead atoms. The van der Waals surface area contributed by atoms with Crippen LogP contribution in [0.15, 0.2) is 48.5 Å². The van der Waals surface area contributed by atoms with Crippen molar-refractivity contribution < 1.29 is 9.50 Å². The lowest BCUT2D eigenvalue weighted by atomic mass is 10.1. The Hall–Kier alpha value is -1.71. The average Bonchev–Trinajstić information content (AvgIpc) is 2.41. The van der Waals surface area contributed by atoms with Crippen LogP contribution in [0.1, 0.15) is 22.8 Å². The highest BCUT2D eigenvalue weighted by molar-refractivity contribution is 5.21. The number of hydrogen-bond donors (Lipinski definition) is 2. The number of hydrogen-bond acceptors (Lipinski definition) is 2. The lowest BCUT2D eigenvalue weighted by Crippen LogP contribution is -2.21. The largest absolute Gasteiger partial charge is 0.387 e. The van der Waals surface area contributed by atoms with Gasteiger partial charge in [-0.05, 0) is 30.2 Å². The van der Waals surface area contributed by atoms with Crippen LogP contribution in [-0.2, 0) is 6.54 Å². The van der Waals surface area contributed by atoms with E-state index in [9.17, 15) is 9.50 Å². The van der Waals surface area contributed by atoms with Gasteiger partial charge in [0.15, 0.2) is 0 Å². The molecule has 0 saturated heterocycles. The first kappa shape index (κ1) is 13.7. The van der Waals surface area contributed by atoms with Crippen LogP contribution in [0.2, 0.25) is 0 Å². The van der Waals surface area contributed by atoms with E-state index in [1.54, 1.807) is 12.1 Å². The van der Waals surface area contributed by atoms with Gasteiger partial charge in [0.05, 0.1) is 6.10 Å². The lowest BCUT2D eigenvalue weighted by Gasteiger charge is -2.12. The van der Waals surface area contributed by atoms with E-state index in [4.69, 9.17) is 0 Å². The third kappa shape index (κ3) is 4.16. The second kappa shape index (κ2) is 6.45. The Balaban J connectivity index is 1.82. The lowest BCUT2D eigenvalue weighted by molar-refractivity contribution is 0.174. The summed E-state index contributed by atoms with van der Waals surface area (Å²) in [5.74, 6) is -0.288. The monoisotopic (exact) mass is 259 g/mol. The summed E-state index contributed by atoms with van der Waals surface area (Å²) in [5, 5.41) is 13.1. The number of aliphatic hydroxyl groups is 1. The third-order valence-electron chi connectivity index (χ3n) is 3.04. The molecule has 1 atom stereocenters. The standard InChI is InChI=1S/C16H18FNO/c1-12-2-4-13(5-3-12)10-18-11-16(19)14-6-8-15(17)9-7-14/h2-9,16,18-19H,10-11H2,1H3. The number of nitrogens with one attached hydrogen (secondary N) is 1. The van der Waals surface area contributed by atoms with Crippen molar-refractivity contribution >= 4 is 0 Å². The molecule has 2 rings (SSSR count). The molecular formula is C16H18FNO. The molecule has 0 aliphatic heterocycles. The van der Waals surface area contributed by atoms with Crippen LogP contribution in [0.3, 0.4) is 0 Å². The van der Waals surface area contributed by atoms with Crippen molar-refractivity contribution in [1.29, 1.82) is 0 Å². The van der Waals surface area contributed by atoms with E-state index >= 15 is 0 Å². The summed E-state index contributed by atoms with van der Waals surface area (Å²) >= 11 is 0. The molecule has 1 unspecified atom stereocenters. The highest BCUT2D eigenvalue weighted by Gasteiger charge is 2.06. The predicted octanol–water partition coefficient (Wildman–Crippen LogP) is 2.96. The van der Waals surface area contributed by atoms with Gasteiger partial charge < -0.3 is 10.4 Å². The molecule has 0 aliphatic rings. The van der Waals surface area contributed by atoms with Crippen LogP contribution in [0.25, 0.3) is 0 Å². The Kier molecular flexibility index (Phi) is 4.66. The summed E-state index contributed by atoms with van der Waals surface area (Å²) in [6.45, 7) is 3.20. The molecule has 0 radical (unpaired) electrons. The highest BCUT2D eigenvalue weighted by atomic mass is 19.1. The van der Waals surface area contributed by atoms with Crippen LogP contribution in [0.4, 0.5) is 4.39 Å². The third-order valence-corrected chi connectivity index (χ3v) is 3.04. The molecule has 2 N–H and O–H groups in total. The quantitative estimate of drug-likeness (QED) is 0.865. The zero-order valence-electron chi connectivity index (χ0n) is 10.9. The smallest absolute Gasteiger partial charge is 0.123 e. The second-order valence-corrected chi connectivity index (χ2v) is 4.68. The summed E-state index contributed by atoms with van der Waals surface area (Å²) < 4.78 is 12.8. The molecule has 2 aromatic carbocycles. The van der Waals surface area contributed by atoms with Crippen LogP contribution < -0.4 is 5.32 Å². The SMILES string of the molecule is Cc1ccc(CNCC(O)c2ccc(F)cc2)cc1. The Morgan fingerprint density at radius 3 is 2.32 bits per heavy atom. The molecule has 0 aliphatic carbocycles. The fourth-order valence-electron chi connectivity index (χ4n) is 1.86. The first-order valence-corrected chi connectivity index (χ1v) is 6.35. The van der Waals surface area contributed by atoms with Crippen molar-refractivity contribution in [3.63, 3.8) is 0 Å². The average molecular weight is 259 g/mol. The van der Waals surface area contributed by atoms with E-state index in [1.165, 1.54) is 23.3 Å². The predicted molar refractivity (Wildman–Crippen MR) is 74.2 cm³/mol. The van der Waals surface area contributed by atoms with Gasteiger partial charge in [0, 0.05) is 13.1 Å². The first-order valence-electron chi connectivity index (χ1n) is 6.35. The molecule has 100 valence electrons. The van der Waals surface area contributed by atoms with Crippen molar-refractivity contribution in [3.05, 3.63) is 71.0 Å². The van der Waals surface area contributed by atoms with Crippen molar-refractivity contribution in [2.24, 2.45) is 0 Å². The van der Waals surface area contributed by atoms with Gasteiger partial charge in [-0.25, -0.2) is 4.39 Å². The maximum atomic E-state index is 12.8. The molecular weight excluding hydrogens is 241 g/mol. The second-order valence-electron chi connectivity index (χ2n) is 4.68. The Bertz CT molecular complexity index is 507. The van der Waals surface area contributed by atoms with Gasteiger partial charge >= 0.3 is 0 Å². The minimum atomic E-state index is -0.619. The van der Waals surface area contributed by atoms with E-state index in [0.29, 0.717) is 13.1 Å². The molecule has 2 aromatic rings. The molecule has 3 heteroatoms. The van der Waals surface area contributed by atoms with Gasteiger partial charge in [0.1, 0.15) is 5.82 Å². The zero-order valence-corrected chi connectivity index (χ0v) is 10.9. The molecule has 0 fully saturated rings. The first-order chi connectivity index (χ1) is 9.15. The van der Waals surface area contributed by atoms with E-state index in [1.807, 2.05) is 0 Å². The molecule has 2 nitrogen and oxygen atoms in total. The van der Waals surface area contributed by atoms with Crippen molar-refractivity contribution in [3.8, 4) is 0 Å². The maximum Gasteiger partial charge on any atom is 0.123 e. The van der Waals surface area contributed by atoms with Gasteiger partial charge in [-0.2, -0.15) is 0 Å². The Morgan fingerprint density at radius 2 is 1.68 bits per heavy atom.